The summed E-state index contributed by atoms with van der Waals surface area (Å²) in [6.45, 7) is 0. The van der Waals surface area contributed by atoms with Crippen LogP contribution in [0.25, 0.3) is 0 Å². The second-order valence-electron chi connectivity index (χ2n) is 4.77. The first-order valence-corrected chi connectivity index (χ1v) is 6.19. The third-order valence-corrected chi connectivity index (χ3v) is 3.48. The molecule has 1 saturated carbocycles. The number of aromatic nitrogens is 1. The van der Waals surface area contributed by atoms with E-state index < -0.39 is 6.10 Å². The van der Waals surface area contributed by atoms with E-state index >= 15 is 0 Å². The first kappa shape index (κ1) is 12.8. The molecule has 0 bridgehead atoms. The number of rotatable bonds is 2. The Morgan fingerprint density at radius 1 is 1.39 bits per heavy atom. The first-order valence-electron chi connectivity index (χ1n) is 6.19. The van der Waals surface area contributed by atoms with Crippen LogP contribution in [0.1, 0.15) is 36.0 Å². The predicted octanol–water partition coefficient (Wildman–Crippen LogP) is 1.16. The van der Waals surface area contributed by atoms with Crippen LogP contribution < -0.4 is 0 Å². The number of nitrogens with zero attached hydrogens (tertiary/aromatic N) is 2. The van der Waals surface area contributed by atoms with Gasteiger partial charge >= 0.3 is 0 Å². The number of aliphatic hydroxyl groups excluding tert-OH is 1. The lowest BCUT2D eigenvalue weighted by Crippen LogP contribution is -2.46. The smallest absolute Gasteiger partial charge is 0.255 e. The number of aromatic hydroxyl groups is 1. The molecule has 1 amide bonds. The van der Waals surface area contributed by atoms with Crippen LogP contribution in [0.5, 0.6) is 5.75 Å². The van der Waals surface area contributed by atoms with E-state index in [1.165, 1.54) is 18.5 Å². The van der Waals surface area contributed by atoms with Gasteiger partial charge in [-0.15, -0.1) is 0 Å². The molecule has 5 nitrogen and oxygen atoms in total. The molecule has 2 atom stereocenters. The minimum atomic E-state index is -0.460. The van der Waals surface area contributed by atoms with Crippen molar-refractivity contribution in [3.63, 3.8) is 0 Å². The summed E-state index contributed by atoms with van der Waals surface area (Å²) >= 11 is 0. The number of aliphatic hydroxyl groups is 1. The van der Waals surface area contributed by atoms with Gasteiger partial charge in [-0.25, -0.2) is 0 Å². The molecular formula is C13H18N2O3. The molecule has 1 fully saturated rings. The van der Waals surface area contributed by atoms with Gasteiger partial charge in [-0.1, -0.05) is 12.8 Å². The van der Waals surface area contributed by atoms with Gasteiger partial charge < -0.3 is 15.1 Å². The van der Waals surface area contributed by atoms with Crippen molar-refractivity contribution in [2.75, 3.05) is 7.05 Å². The minimum absolute atomic E-state index is 0.0292. The van der Waals surface area contributed by atoms with E-state index in [-0.39, 0.29) is 17.7 Å². The Hall–Kier alpha value is -1.62. The highest BCUT2D eigenvalue weighted by molar-refractivity contribution is 5.94. The normalized spacial score (nSPS) is 23.7. The Balaban J connectivity index is 2.13. The number of hydrogen-bond donors (Lipinski definition) is 2. The molecule has 0 aliphatic heterocycles. The van der Waals surface area contributed by atoms with Crippen molar-refractivity contribution in [2.45, 2.75) is 37.8 Å². The Morgan fingerprint density at radius 2 is 2.11 bits per heavy atom. The van der Waals surface area contributed by atoms with E-state index in [0.29, 0.717) is 5.56 Å². The number of carbonyl (C=O) groups is 1. The molecule has 0 spiro atoms. The van der Waals surface area contributed by atoms with Gasteiger partial charge in [0.05, 0.1) is 23.9 Å². The highest BCUT2D eigenvalue weighted by Crippen LogP contribution is 2.23. The number of pyridine rings is 1. The summed E-state index contributed by atoms with van der Waals surface area (Å²) in [7, 11) is 1.69. The van der Waals surface area contributed by atoms with Crippen molar-refractivity contribution < 1.29 is 15.0 Å². The van der Waals surface area contributed by atoms with E-state index in [0.717, 1.165) is 25.7 Å². The Morgan fingerprint density at radius 3 is 2.78 bits per heavy atom. The summed E-state index contributed by atoms with van der Waals surface area (Å²) in [5.41, 5.74) is 0.343. The molecule has 1 aromatic rings. The minimum Gasteiger partial charge on any atom is -0.506 e. The SMILES string of the molecule is CN(C(=O)c1cncc(O)c1)C1CCCCC1O. The van der Waals surface area contributed by atoms with Crippen LogP contribution in [-0.2, 0) is 0 Å². The summed E-state index contributed by atoms with van der Waals surface area (Å²) in [6.07, 6.45) is 5.83. The topological polar surface area (TPSA) is 73.7 Å². The summed E-state index contributed by atoms with van der Waals surface area (Å²) in [5.74, 6) is -0.247. The number of carbonyl (C=O) groups excluding carboxylic acids is 1. The standard InChI is InChI=1S/C13H18N2O3/c1-15(11-4-2-3-5-12(11)17)13(18)9-6-10(16)8-14-7-9/h6-8,11-12,16-17H,2-5H2,1H3. The predicted molar refractivity (Wildman–Crippen MR) is 66.3 cm³/mol. The highest BCUT2D eigenvalue weighted by Gasteiger charge is 2.29. The molecule has 18 heavy (non-hydrogen) atoms. The Labute approximate surface area is 106 Å². The molecular weight excluding hydrogens is 232 g/mol. The lowest BCUT2D eigenvalue weighted by atomic mass is 9.91. The van der Waals surface area contributed by atoms with Crippen molar-refractivity contribution in [3.8, 4) is 5.75 Å². The number of hydrogen-bond acceptors (Lipinski definition) is 4. The molecule has 2 rings (SSSR count). The first-order chi connectivity index (χ1) is 8.59. The van der Waals surface area contributed by atoms with E-state index in [1.54, 1.807) is 11.9 Å². The van der Waals surface area contributed by atoms with Crippen LogP contribution in [0.15, 0.2) is 18.5 Å². The fourth-order valence-corrected chi connectivity index (χ4v) is 2.44. The average molecular weight is 250 g/mol. The van der Waals surface area contributed by atoms with Crippen LogP contribution in [-0.4, -0.2) is 45.2 Å². The van der Waals surface area contributed by atoms with Gasteiger partial charge in [0.25, 0.3) is 5.91 Å². The van der Waals surface area contributed by atoms with Crippen LogP contribution in [0.3, 0.4) is 0 Å². The van der Waals surface area contributed by atoms with Gasteiger partial charge in [0.2, 0.25) is 0 Å². The molecule has 1 aromatic heterocycles. The van der Waals surface area contributed by atoms with E-state index in [4.69, 9.17) is 0 Å². The van der Waals surface area contributed by atoms with Gasteiger partial charge in [-0.2, -0.15) is 0 Å². The number of likely N-dealkylation sites (N-methyl/N-ethyl adjacent to an activating group) is 1. The third kappa shape index (κ3) is 2.61. The maximum Gasteiger partial charge on any atom is 0.255 e. The van der Waals surface area contributed by atoms with Gasteiger partial charge in [-0.05, 0) is 18.9 Å². The van der Waals surface area contributed by atoms with Crippen LogP contribution >= 0.6 is 0 Å². The van der Waals surface area contributed by atoms with Gasteiger partial charge in [0.1, 0.15) is 5.75 Å². The highest BCUT2D eigenvalue weighted by atomic mass is 16.3. The molecule has 5 heteroatoms. The molecule has 1 aliphatic carbocycles. The second-order valence-corrected chi connectivity index (χ2v) is 4.77. The number of amides is 1. The lowest BCUT2D eigenvalue weighted by molar-refractivity contribution is 0.0267. The zero-order valence-corrected chi connectivity index (χ0v) is 10.4. The molecule has 2 N–H and O–H groups in total. The van der Waals surface area contributed by atoms with Crippen molar-refractivity contribution in [2.24, 2.45) is 0 Å². The summed E-state index contributed by atoms with van der Waals surface area (Å²) in [5, 5.41) is 19.3. The van der Waals surface area contributed by atoms with Crippen LogP contribution in [0, 0.1) is 0 Å². The second kappa shape index (κ2) is 5.35. The average Bonchev–Trinajstić information content (AvgIpc) is 2.37. The Kier molecular flexibility index (Phi) is 3.81. The fraction of sp³-hybridized carbons (Fsp3) is 0.538. The molecule has 0 aromatic carbocycles. The quantitative estimate of drug-likeness (QED) is 0.826. The van der Waals surface area contributed by atoms with Crippen LogP contribution in [0.2, 0.25) is 0 Å². The maximum absolute atomic E-state index is 12.2. The Bertz CT molecular complexity index is 436. The zero-order chi connectivity index (χ0) is 13.1. The molecule has 98 valence electrons. The van der Waals surface area contributed by atoms with E-state index in [1.807, 2.05) is 0 Å². The van der Waals surface area contributed by atoms with Crippen molar-refractivity contribution >= 4 is 5.91 Å². The summed E-state index contributed by atoms with van der Waals surface area (Å²) in [6, 6.07) is 1.25. The van der Waals surface area contributed by atoms with E-state index in [2.05, 4.69) is 4.98 Å². The van der Waals surface area contributed by atoms with Crippen molar-refractivity contribution in [3.05, 3.63) is 24.0 Å². The fourth-order valence-electron chi connectivity index (χ4n) is 2.44. The summed E-state index contributed by atoms with van der Waals surface area (Å²) < 4.78 is 0. The van der Waals surface area contributed by atoms with Crippen molar-refractivity contribution in [1.82, 2.24) is 9.88 Å². The molecule has 2 unspecified atom stereocenters. The zero-order valence-electron chi connectivity index (χ0n) is 10.4. The maximum atomic E-state index is 12.2. The third-order valence-electron chi connectivity index (χ3n) is 3.48. The monoisotopic (exact) mass is 250 g/mol. The van der Waals surface area contributed by atoms with Gasteiger partial charge in [-0.3, -0.25) is 9.78 Å². The lowest BCUT2D eigenvalue weighted by Gasteiger charge is -2.35. The molecule has 1 heterocycles. The van der Waals surface area contributed by atoms with Crippen molar-refractivity contribution in [1.29, 1.82) is 0 Å². The molecule has 1 aliphatic rings. The molecule has 0 saturated heterocycles. The largest absolute Gasteiger partial charge is 0.506 e. The van der Waals surface area contributed by atoms with Gasteiger partial charge in [0.15, 0.2) is 0 Å². The molecule has 0 radical (unpaired) electrons. The summed E-state index contributed by atoms with van der Waals surface area (Å²) in [4.78, 5) is 17.6. The van der Waals surface area contributed by atoms with Gasteiger partial charge in [0, 0.05) is 13.2 Å². The van der Waals surface area contributed by atoms with E-state index in [9.17, 15) is 15.0 Å². The van der Waals surface area contributed by atoms with Crippen LogP contribution in [0.4, 0.5) is 0 Å².